The lowest BCUT2D eigenvalue weighted by atomic mass is 9.97. The molecule has 0 amide bonds. The Morgan fingerprint density at radius 3 is 2.70 bits per heavy atom. The lowest BCUT2D eigenvalue weighted by Gasteiger charge is -2.36. The predicted octanol–water partition coefficient (Wildman–Crippen LogP) is 0.992. The first-order chi connectivity index (χ1) is 9.65. The number of non-ortho nitro benzene ring substituents is 1. The fourth-order valence-electron chi connectivity index (χ4n) is 3.02. The molecule has 1 aromatic carbocycles. The van der Waals surface area contributed by atoms with Gasteiger partial charge >= 0.3 is 0 Å². The summed E-state index contributed by atoms with van der Waals surface area (Å²) in [5, 5.41) is 14.4. The normalized spacial score (nSPS) is 19.8. The van der Waals surface area contributed by atoms with Gasteiger partial charge in [0.1, 0.15) is 0 Å². The molecule has 0 bridgehead atoms. The number of nitrogens with zero attached hydrogens (tertiary/aromatic N) is 3. The summed E-state index contributed by atoms with van der Waals surface area (Å²) >= 11 is 0. The number of benzene rings is 1. The van der Waals surface area contributed by atoms with Crippen molar-refractivity contribution in [2.24, 2.45) is 0 Å². The lowest BCUT2D eigenvalue weighted by Crippen LogP contribution is -2.45. The van der Waals surface area contributed by atoms with Crippen molar-refractivity contribution < 1.29 is 4.92 Å². The minimum Gasteiger partial charge on any atom is -0.369 e. The van der Waals surface area contributed by atoms with Gasteiger partial charge in [-0.3, -0.25) is 10.1 Å². The highest BCUT2D eigenvalue weighted by Crippen LogP contribution is 2.32. The Hall–Kier alpha value is -1.66. The summed E-state index contributed by atoms with van der Waals surface area (Å²) in [5.74, 6) is 0. The van der Waals surface area contributed by atoms with Gasteiger partial charge in [-0.1, -0.05) is 0 Å². The first-order valence-corrected chi connectivity index (χ1v) is 7.09. The standard InChI is InChI=1S/C14H20N4O2/c1-16-4-6-17(7-5-16)14-9-12(18(19)20)8-11-10-15-3-2-13(11)14/h8-9,15H,2-7,10H2,1H3. The molecule has 0 aromatic heterocycles. The summed E-state index contributed by atoms with van der Waals surface area (Å²) < 4.78 is 0. The maximum atomic E-state index is 11.1. The number of likely N-dealkylation sites (N-methyl/N-ethyl adjacent to an activating group) is 1. The first kappa shape index (κ1) is 13.3. The maximum Gasteiger partial charge on any atom is 0.271 e. The van der Waals surface area contributed by atoms with Gasteiger partial charge in [0.25, 0.3) is 5.69 Å². The third kappa shape index (κ3) is 2.48. The van der Waals surface area contributed by atoms with Crippen molar-refractivity contribution in [3.8, 4) is 0 Å². The van der Waals surface area contributed by atoms with Gasteiger partial charge in [-0.05, 0) is 31.1 Å². The van der Waals surface area contributed by atoms with Crippen LogP contribution in [0.15, 0.2) is 12.1 Å². The minimum absolute atomic E-state index is 0.210. The first-order valence-electron chi connectivity index (χ1n) is 7.09. The van der Waals surface area contributed by atoms with Crippen molar-refractivity contribution in [3.63, 3.8) is 0 Å². The van der Waals surface area contributed by atoms with E-state index in [0.717, 1.165) is 56.9 Å². The molecule has 1 aromatic rings. The van der Waals surface area contributed by atoms with Crippen molar-refractivity contribution in [2.45, 2.75) is 13.0 Å². The Morgan fingerprint density at radius 1 is 1.25 bits per heavy atom. The Morgan fingerprint density at radius 2 is 2.00 bits per heavy atom. The van der Waals surface area contributed by atoms with Gasteiger partial charge in [-0.15, -0.1) is 0 Å². The highest BCUT2D eigenvalue weighted by atomic mass is 16.6. The number of anilines is 1. The molecule has 0 saturated carbocycles. The van der Waals surface area contributed by atoms with E-state index in [0.29, 0.717) is 0 Å². The van der Waals surface area contributed by atoms with E-state index in [1.54, 1.807) is 12.1 Å². The van der Waals surface area contributed by atoms with Gasteiger partial charge in [-0.25, -0.2) is 0 Å². The van der Waals surface area contributed by atoms with Crippen LogP contribution in [0.2, 0.25) is 0 Å². The van der Waals surface area contributed by atoms with Crippen LogP contribution >= 0.6 is 0 Å². The van der Waals surface area contributed by atoms with Gasteiger partial charge in [0, 0.05) is 50.5 Å². The van der Waals surface area contributed by atoms with Crippen LogP contribution in [0.1, 0.15) is 11.1 Å². The van der Waals surface area contributed by atoms with Gasteiger partial charge in [0.2, 0.25) is 0 Å². The molecule has 6 heteroatoms. The van der Waals surface area contributed by atoms with E-state index in [1.807, 2.05) is 0 Å². The SMILES string of the molecule is CN1CCN(c2cc([N+](=O)[O-])cc3c2CCNC3)CC1. The van der Waals surface area contributed by atoms with Crippen molar-refractivity contribution in [1.29, 1.82) is 0 Å². The highest BCUT2D eigenvalue weighted by molar-refractivity contribution is 5.63. The number of piperazine rings is 1. The van der Waals surface area contributed by atoms with Crippen molar-refractivity contribution in [2.75, 3.05) is 44.7 Å². The van der Waals surface area contributed by atoms with E-state index in [-0.39, 0.29) is 10.6 Å². The van der Waals surface area contributed by atoms with E-state index < -0.39 is 0 Å². The minimum atomic E-state index is -0.283. The van der Waals surface area contributed by atoms with E-state index in [9.17, 15) is 10.1 Å². The zero-order chi connectivity index (χ0) is 14.1. The van der Waals surface area contributed by atoms with E-state index in [2.05, 4.69) is 22.2 Å². The number of hydrogen-bond acceptors (Lipinski definition) is 5. The molecule has 2 aliphatic heterocycles. The van der Waals surface area contributed by atoms with E-state index >= 15 is 0 Å². The second-order valence-electron chi connectivity index (χ2n) is 5.58. The molecule has 108 valence electrons. The number of nitro benzene ring substituents is 1. The van der Waals surface area contributed by atoms with Crippen LogP contribution in [0.4, 0.5) is 11.4 Å². The highest BCUT2D eigenvalue weighted by Gasteiger charge is 2.24. The third-order valence-corrected chi connectivity index (χ3v) is 4.23. The average molecular weight is 276 g/mol. The fraction of sp³-hybridized carbons (Fsp3) is 0.571. The number of fused-ring (bicyclic) bond motifs is 1. The Kier molecular flexibility index (Phi) is 3.58. The van der Waals surface area contributed by atoms with Crippen LogP contribution in [0.25, 0.3) is 0 Å². The lowest BCUT2D eigenvalue weighted by molar-refractivity contribution is -0.384. The molecular formula is C14H20N4O2. The molecule has 0 aliphatic carbocycles. The van der Waals surface area contributed by atoms with Crippen LogP contribution in [-0.2, 0) is 13.0 Å². The van der Waals surface area contributed by atoms with Crippen LogP contribution in [0, 0.1) is 10.1 Å². The quantitative estimate of drug-likeness (QED) is 0.645. The van der Waals surface area contributed by atoms with Crippen LogP contribution in [0.5, 0.6) is 0 Å². The van der Waals surface area contributed by atoms with Crippen LogP contribution in [-0.4, -0.2) is 49.6 Å². The van der Waals surface area contributed by atoms with E-state index in [4.69, 9.17) is 0 Å². The zero-order valence-electron chi connectivity index (χ0n) is 11.8. The molecule has 2 aliphatic rings. The largest absolute Gasteiger partial charge is 0.369 e. The molecule has 6 nitrogen and oxygen atoms in total. The molecule has 1 N–H and O–H groups in total. The van der Waals surface area contributed by atoms with Crippen LogP contribution < -0.4 is 10.2 Å². The van der Waals surface area contributed by atoms with Crippen LogP contribution in [0.3, 0.4) is 0 Å². The average Bonchev–Trinajstić information content (AvgIpc) is 2.47. The molecule has 0 spiro atoms. The van der Waals surface area contributed by atoms with Gasteiger partial charge in [-0.2, -0.15) is 0 Å². The van der Waals surface area contributed by atoms with Crippen molar-refractivity contribution in [1.82, 2.24) is 10.2 Å². The molecular weight excluding hydrogens is 256 g/mol. The van der Waals surface area contributed by atoms with Crippen molar-refractivity contribution >= 4 is 11.4 Å². The Balaban J connectivity index is 1.99. The molecule has 20 heavy (non-hydrogen) atoms. The number of hydrogen-bond donors (Lipinski definition) is 1. The Labute approximate surface area is 118 Å². The predicted molar refractivity (Wildman–Crippen MR) is 78.2 cm³/mol. The van der Waals surface area contributed by atoms with Gasteiger partial charge in [0.15, 0.2) is 0 Å². The number of nitro groups is 1. The maximum absolute atomic E-state index is 11.1. The monoisotopic (exact) mass is 276 g/mol. The molecule has 0 unspecified atom stereocenters. The summed E-state index contributed by atoms with van der Waals surface area (Å²) in [5.41, 5.74) is 3.66. The summed E-state index contributed by atoms with van der Waals surface area (Å²) in [4.78, 5) is 15.4. The summed E-state index contributed by atoms with van der Waals surface area (Å²) in [6.07, 6.45) is 0.953. The molecule has 3 rings (SSSR count). The third-order valence-electron chi connectivity index (χ3n) is 4.23. The fourth-order valence-corrected chi connectivity index (χ4v) is 3.02. The zero-order valence-corrected chi connectivity index (χ0v) is 11.8. The Bertz CT molecular complexity index is 524. The summed E-state index contributed by atoms with van der Waals surface area (Å²) in [6.45, 7) is 5.59. The molecule has 1 saturated heterocycles. The topological polar surface area (TPSA) is 61.7 Å². The molecule has 2 heterocycles. The van der Waals surface area contributed by atoms with Gasteiger partial charge < -0.3 is 15.1 Å². The second-order valence-corrected chi connectivity index (χ2v) is 5.58. The van der Waals surface area contributed by atoms with E-state index in [1.165, 1.54) is 5.56 Å². The van der Waals surface area contributed by atoms with Gasteiger partial charge in [0.05, 0.1) is 4.92 Å². The number of nitrogens with one attached hydrogen (secondary N) is 1. The molecule has 0 atom stereocenters. The smallest absolute Gasteiger partial charge is 0.271 e. The number of rotatable bonds is 2. The summed E-state index contributed by atoms with van der Waals surface area (Å²) in [7, 11) is 2.12. The summed E-state index contributed by atoms with van der Waals surface area (Å²) in [6, 6.07) is 3.48. The molecule has 1 fully saturated rings. The second kappa shape index (κ2) is 5.38. The van der Waals surface area contributed by atoms with Crippen molar-refractivity contribution in [3.05, 3.63) is 33.4 Å². The molecule has 0 radical (unpaired) electrons.